The number of hydrogen-bond acceptors (Lipinski definition) is 6. The fraction of sp³-hybridized carbons (Fsp3) is 0. The molecular weight excluding hydrogens is 663 g/mol. The summed E-state index contributed by atoms with van der Waals surface area (Å²) in [5.41, 5.74) is 9.58. The lowest BCUT2D eigenvalue weighted by atomic mass is 10.1. The Bertz CT molecular complexity index is 2300. The first-order chi connectivity index (χ1) is 25.3. The molecule has 0 atom stereocenters. The molecule has 0 saturated carbocycles. The van der Waals surface area contributed by atoms with Crippen LogP contribution < -0.4 is 9.80 Å². The Labute approximate surface area is 304 Å². The van der Waals surface area contributed by atoms with Crippen molar-refractivity contribution in [2.24, 2.45) is 0 Å². The summed E-state index contributed by atoms with van der Waals surface area (Å²) in [6, 6.07) is 63.8. The highest BCUT2D eigenvalue weighted by Gasteiger charge is 2.27. The Kier molecular flexibility index (Phi) is 7.16. The van der Waals surface area contributed by atoms with Gasteiger partial charge >= 0.3 is 0 Å². The van der Waals surface area contributed by atoms with Crippen LogP contribution in [0.15, 0.2) is 183 Å². The standard InChI is InChI=1S/C44H27N5S2/c1-2-12-32(13-3-1)49-43(30-22-26-33(27-23-30)47-35-14-4-8-18-39(35)50-40-19-9-5-15-36(40)47)45-46-44(49)31-24-28-34(29-25-31)48-37-16-6-10-20-41(37)51-42-21-11-7-17-38(42)48/h1-6,8-16,18-29H. The van der Waals surface area contributed by atoms with Crippen LogP contribution in [0.2, 0.25) is 0 Å². The first-order valence-electron chi connectivity index (χ1n) is 16.7. The molecule has 0 radical (unpaired) electrons. The van der Waals surface area contributed by atoms with Gasteiger partial charge in [0.1, 0.15) is 5.69 Å². The van der Waals surface area contributed by atoms with Crippen LogP contribution in [0, 0.1) is 12.1 Å². The van der Waals surface area contributed by atoms with Crippen molar-refractivity contribution in [3.05, 3.63) is 176 Å². The van der Waals surface area contributed by atoms with Crippen LogP contribution in [0.25, 0.3) is 28.5 Å². The van der Waals surface area contributed by atoms with Crippen molar-refractivity contribution < 1.29 is 0 Å². The fourth-order valence-electron chi connectivity index (χ4n) is 6.83. The third-order valence-corrected chi connectivity index (χ3v) is 11.4. The van der Waals surface area contributed by atoms with Gasteiger partial charge in [0.15, 0.2) is 11.6 Å². The van der Waals surface area contributed by atoms with Gasteiger partial charge < -0.3 is 9.80 Å². The molecule has 8 aromatic rings. The molecule has 0 aliphatic carbocycles. The Morgan fingerprint density at radius 3 is 1.45 bits per heavy atom. The third-order valence-electron chi connectivity index (χ3n) is 9.17. The number of anilines is 6. The summed E-state index contributed by atoms with van der Waals surface area (Å²) in [6.45, 7) is 0. The number of benzene rings is 6. The van der Waals surface area contributed by atoms with Crippen molar-refractivity contribution >= 4 is 57.6 Å². The van der Waals surface area contributed by atoms with Gasteiger partial charge in [-0.2, -0.15) is 0 Å². The van der Waals surface area contributed by atoms with Crippen LogP contribution in [0.1, 0.15) is 0 Å². The Morgan fingerprint density at radius 1 is 0.412 bits per heavy atom. The van der Waals surface area contributed by atoms with E-state index >= 15 is 0 Å². The van der Waals surface area contributed by atoms with E-state index in [1.54, 1.807) is 11.8 Å². The summed E-state index contributed by atoms with van der Waals surface area (Å²) in [6.07, 6.45) is 0. The van der Waals surface area contributed by atoms with Crippen LogP contribution in [0.3, 0.4) is 0 Å². The number of nitrogens with zero attached hydrogens (tertiary/aromatic N) is 5. The van der Waals surface area contributed by atoms with E-state index in [1.807, 2.05) is 23.9 Å². The van der Waals surface area contributed by atoms with Gasteiger partial charge in [0, 0.05) is 47.8 Å². The van der Waals surface area contributed by atoms with Crippen molar-refractivity contribution in [1.29, 1.82) is 0 Å². The van der Waals surface area contributed by atoms with Crippen molar-refractivity contribution in [2.45, 2.75) is 19.6 Å². The molecule has 7 heteroatoms. The van der Waals surface area contributed by atoms with E-state index in [9.17, 15) is 0 Å². The number of fused-ring (bicyclic) bond motifs is 4. The van der Waals surface area contributed by atoms with Gasteiger partial charge in [-0.05, 0) is 115 Å². The maximum absolute atomic E-state index is 4.80. The SMILES string of the molecule is c1ccc2c(c#1)N(c1ccc(-c3nnc(-c4ccc(N5c6ccccc6Sc6ccccc65)cc4)n3-c3ccccc3)cc1)c1ccccc1S2. The summed E-state index contributed by atoms with van der Waals surface area (Å²) < 4.78 is 2.15. The van der Waals surface area contributed by atoms with E-state index in [1.165, 1.54) is 26.1 Å². The number of aromatic nitrogens is 3. The molecule has 51 heavy (non-hydrogen) atoms. The average Bonchev–Trinajstić information content (AvgIpc) is 3.65. The molecule has 0 saturated heterocycles. The minimum atomic E-state index is 0.776. The van der Waals surface area contributed by atoms with E-state index in [-0.39, 0.29) is 0 Å². The Morgan fingerprint density at radius 2 is 0.882 bits per heavy atom. The molecule has 0 amide bonds. The predicted octanol–water partition coefficient (Wildman–Crippen LogP) is 12.1. The third kappa shape index (κ3) is 5.07. The largest absolute Gasteiger partial charge is 0.308 e. The fourth-order valence-corrected chi connectivity index (χ4v) is 8.91. The molecule has 2 aliphatic heterocycles. The van der Waals surface area contributed by atoms with E-state index in [4.69, 9.17) is 10.2 Å². The number of hydrogen-bond donors (Lipinski definition) is 0. The zero-order valence-electron chi connectivity index (χ0n) is 27.1. The lowest BCUT2D eigenvalue weighted by Crippen LogP contribution is -2.14. The predicted molar refractivity (Wildman–Crippen MR) is 208 cm³/mol. The van der Waals surface area contributed by atoms with Crippen molar-refractivity contribution in [1.82, 2.24) is 14.8 Å². The van der Waals surface area contributed by atoms with Gasteiger partial charge in [0.2, 0.25) is 0 Å². The Hall–Kier alpha value is -6.20. The highest BCUT2D eigenvalue weighted by molar-refractivity contribution is 8.00. The molecule has 3 heterocycles. The summed E-state index contributed by atoms with van der Waals surface area (Å²) >= 11 is 3.58. The maximum atomic E-state index is 4.80. The zero-order valence-corrected chi connectivity index (χ0v) is 28.8. The summed E-state index contributed by atoms with van der Waals surface area (Å²) in [5, 5.41) is 9.60. The second-order valence-electron chi connectivity index (χ2n) is 12.2. The lowest BCUT2D eigenvalue weighted by Gasteiger charge is -2.32. The smallest absolute Gasteiger partial charge is 0.168 e. The van der Waals surface area contributed by atoms with Crippen LogP contribution in [0.4, 0.5) is 34.1 Å². The van der Waals surface area contributed by atoms with Gasteiger partial charge in [0.25, 0.3) is 0 Å². The molecule has 10 rings (SSSR count). The van der Waals surface area contributed by atoms with Gasteiger partial charge in [-0.3, -0.25) is 4.57 Å². The molecule has 240 valence electrons. The number of para-hydroxylation sites is 4. The monoisotopic (exact) mass is 689 g/mol. The van der Waals surface area contributed by atoms with Crippen molar-refractivity contribution in [2.75, 3.05) is 9.80 Å². The van der Waals surface area contributed by atoms with E-state index < -0.39 is 0 Å². The summed E-state index contributed by atoms with van der Waals surface area (Å²) in [5.74, 6) is 1.56. The van der Waals surface area contributed by atoms with Gasteiger partial charge in [-0.1, -0.05) is 84.2 Å². The van der Waals surface area contributed by atoms with Gasteiger partial charge in [-0.15, -0.1) is 10.2 Å². The molecule has 5 nitrogen and oxygen atoms in total. The van der Waals surface area contributed by atoms with E-state index in [2.05, 4.69) is 178 Å². The van der Waals surface area contributed by atoms with Gasteiger partial charge in [-0.25, -0.2) is 0 Å². The molecule has 0 bridgehead atoms. The second-order valence-corrected chi connectivity index (χ2v) is 14.4. The second kappa shape index (κ2) is 12.3. The minimum absolute atomic E-state index is 0.776. The first kappa shape index (κ1) is 29.7. The molecular formula is C44H27N5S2. The topological polar surface area (TPSA) is 37.2 Å². The molecule has 0 N–H and O–H groups in total. The highest BCUT2D eigenvalue weighted by Crippen LogP contribution is 2.52. The molecule has 0 unspecified atom stereocenters. The zero-order chi connectivity index (χ0) is 33.7. The quantitative estimate of drug-likeness (QED) is 0.179. The Balaban J connectivity index is 1.04. The average molecular weight is 690 g/mol. The molecule has 7 aromatic carbocycles. The maximum Gasteiger partial charge on any atom is 0.168 e. The van der Waals surface area contributed by atoms with Crippen LogP contribution in [-0.2, 0) is 0 Å². The van der Waals surface area contributed by atoms with Gasteiger partial charge in [0.05, 0.1) is 17.1 Å². The highest BCUT2D eigenvalue weighted by atomic mass is 32.2. The van der Waals surface area contributed by atoms with E-state index in [0.29, 0.717) is 0 Å². The van der Waals surface area contributed by atoms with Crippen molar-refractivity contribution in [3.8, 4) is 28.5 Å². The van der Waals surface area contributed by atoms with E-state index in [0.717, 1.165) is 56.1 Å². The normalized spacial score (nSPS) is 12.7. The summed E-state index contributed by atoms with van der Waals surface area (Å²) in [4.78, 5) is 9.44. The first-order valence-corrected chi connectivity index (χ1v) is 18.3. The molecule has 0 spiro atoms. The van der Waals surface area contributed by atoms with Crippen molar-refractivity contribution in [3.63, 3.8) is 0 Å². The molecule has 1 aromatic heterocycles. The van der Waals surface area contributed by atoms with Crippen LogP contribution in [-0.4, -0.2) is 14.8 Å². The van der Waals surface area contributed by atoms with Crippen LogP contribution >= 0.6 is 23.5 Å². The molecule has 2 aliphatic rings. The summed E-state index contributed by atoms with van der Waals surface area (Å²) in [7, 11) is 0. The minimum Gasteiger partial charge on any atom is -0.308 e. The molecule has 0 fully saturated rings. The lowest BCUT2D eigenvalue weighted by molar-refractivity contribution is 1.07. The van der Waals surface area contributed by atoms with Crippen LogP contribution in [0.5, 0.6) is 0 Å². The number of rotatable bonds is 5.